The lowest BCUT2D eigenvalue weighted by atomic mass is 9.95. The highest BCUT2D eigenvalue weighted by Crippen LogP contribution is 2.45. The van der Waals surface area contributed by atoms with E-state index >= 15 is 0 Å². The van der Waals surface area contributed by atoms with Gasteiger partial charge in [0.25, 0.3) is 0 Å². The summed E-state index contributed by atoms with van der Waals surface area (Å²) in [4.78, 5) is 0. The molecule has 2 heterocycles. The second kappa shape index (κ2) is 10.4. The Morgan fingerprint density at radius 1 is 0.280 bits per heavy atom. The van der Waals surface area contributed by atoms with Crippen molar-refractivity contribution in [2.24, 2.45) is 0 Å². The number of hydrogen-bond donors (Lipinski definition) is 0. The third-order valence-electron chi connectivity index (χ3n) is 10.7. The zero-order chi connectivity index (χ0) is 32.8. The molecule has 2 aromatic heterocycles. The molecular formula is C48H30N2. The molecule has 0 unspecified atom stereocenters. The molecule has 2 heteroatoms. The lowest BCUT2D eigenvalue weighted by Gasteiger charge is -2.13. The average Bonchev–Trinajstić information content (AvgIpc) is 3.72. The van der Waals surface area contributed by atoms with E-state index in [1.165, 1.54) is 92.7 Å². The summed E-state index contributed by atoms with van der Waals surface area (Å²) in [7, 11) is 0. The van der Waals surface area contributed by atoms with Crippen molar-refractivity contribution >= 4 is 75.9 Å². The molecule has 9 aromatic carbocycles. The van der Waals surface area contributed by atoms with Crippen LogP contribution < -0.4 is 0 Å². The molecule has 0 spiro atoms. The molecule has 0 amide bonds. The predicted octanol–water partition coefficient (Wildman–Crippen LogP) is 13.0. The number of hydrogen-bond acceptors (Lipinski definition) is 0. The Morgan fingerprint density at radius 2 is 0.840 bits per heavy atom. The molecule has 0 N–H and O–H groups in total. The summed E-state index contributed by atoms with van der Waals surface area (Å²) in [6.45, 7) is 0. The van der Waals surface area contributed by atoms with Gasteiger partial charge in [0, 0.05) is 38.3 Å². The van der Waals surface area contributed by atoms with Gasteiger partial charge >= 0.3 is 0 Å². The van der Waals surface area contributed by atoms with Crippen molar-refractivity contribution in [2.45, 2.75) is 0 Å². The van der Waals surface area contributed by atoms with Gasteiger partial charge in [-0.15, -0.1) is 0 Å². The number of para-hydroxylation sites is 2. The summed E-state index contributed by atoms with van der Waals surface area (Å²) in [6.07, 6.45) is 0. The fourth-order valence-electron chi connectivity index (χ4n) is 8.52. The Bertz CT molecular complexity index is 3120. The van der Waals surface area contributed by atoms with Gasteiger partial charge in [-0.05, 0) is 86.6 Å². The lowest BCUT2D eigenvalue weighted by Crippen LogP contribution is -1.95. The maximum absolute atomic E-state index is 2.49. The van der Waals surface area contributed by atoms with Crippen LogP contribution in [0.5, 0.6) is 0 Å². The van der Waals surface area contributed by atoms with Crippen LogP contribution in [0.3, 0.4) is 0 Å². The van der Waals surface area contributed by atoms with Crippen LogP contribution >= 0.6 is 0 Å². The first-order valence-electron chi connectivity index (χ1n) is 17.3. The molecule has 50 heavy (non-hydrogen) atoms. The molecule has 0 aliphatic carbocycles. The molecule has 0 fully saturated rings. The molecule has 2 nitrogen and oxygen atoms in total. The molecular weight excluding hydrogens is 605 g/mol. The highest BCUT2D eigenvalue weighted by Gasteiger charge is 2.20. The molecule has 0 aliphatic heterocycles. The molecule has 11 rings (SSSR count). The summed E-state index contributed by atoms with van der Waals surface area (Å²) >= 11 is 0. The average molecular weight is 635 g/mol. The van der Waals surface area contributed by atoms with E-state index < -0.39 is 0 Å². The summed E-state index contributed by atoms with van der Waals surface area (Å²) < 4.78 is 4.86. The summed E-state index contributed by atoms with van der Waals surface area (Å²) in [6, 6.07) is 66.6. The largest absolute Gasteiger partial charge is 0.309 e. The molecule has 232 valence electrons. The van der Waals surface area contributed by atoms with E-state index in [9.17, 15) is 0 Å². The van der Waals surface area contributed by atoms with Gasteiger partial charge in [-0.3, -0.25) is 0 Å². The first-order valence-corrected chi connectivity index (χ1v) is 17.3. The minimum absolute atomic E-state index is 1.16. The third kappa shape index (κ3) is 3.79. The zero-order valence-corrected chi connectivity index (χ0v) is 27.2. The molecule has 0 bridgehead atoms. The van der Waals surface area contributed by atoms with E-state index in [0.717, 1.165) is 5.69 Å². The highest BCUT2D eigenvalue weighted by atomic mass is 15.0. The van der Waals surface area contributed by atoms with Gasteiger partial charge < -0.3 is 9.13 Å². The Balaban J connectivity index is 1.15. The highest BCUT2D eigenvalue weighted by molar-refractivity contribution is 6.35. The van der Waals surface area contributed by atoms with Crippen LogP contribution in [0.2, 0.25) is 0 Å². The van der Waals surface area contributed by atoms with Gasteiger partial charge in [0.05, 0.1) is 22.1 Å². The van der Waals surface area contributed by atoms with Crippen LogP contribution in [0, 0.1) is 0 Å². The van der Waals surface area contributed by atoms with Gasteiger partial charge in [0.1, 0.15) is 0 Å². The standard InChI is InChI=1S/C48H30N2/c1-2-13-34(14-3-1)49-43-21-11-10-18-39(43)42-30-33(25-28-44(42)49)31-22-26-35(27-23-31)50-45-29-24-32-12-4-5-15-36(32)46(45)47-40-19-8-6-16-37(40)38-17-7-9-20-41(38)48(47)50/h1-30H. The van der Waals surface area contributed by atoms with E-state index in [-0.39, 0.29) is 0 Å². The SMILES string of the molecule is c1ccc(-n2c3ccccc3c3cc(-c4ccc(-n5c6ccc7ccccc7c6c6c7ccccc7c7ccccc7c65)cc4)ccc32)cc1. The smallest absolute Gasteiger partial charge is 0.0626 e. The molecule has 11 aromatic rings. The van der Waals surface area contributed by atoms with Crippen molar-refractivity contribution in [2.75, 3.05) is 0 Å². The zero-order valence-electron chi connectivity index (χ0n) is 27.2. The first-order chi connectivity index (χ1) is 24.8. The number of aromatic nitrogens is 2. The van der Waals surface area contributed by atoms with Gasteiger partial charge in [0.2, 0.25) is 0 Å². The Hall–Kier alpha value is -6.64. The molecule has 0 radical (unpaired) electrons. The van der Waals surface area contributed by atoms with E-state index in [2.05, 4.69) is 191 Å². The molecule has 0 atom stereocenters. The Morgan fingerprint density at radius 3 is 1.64 bits per heavy atom. The second-order valence-electron chi connectivity index (χ2n) is 13.3. The molecule has 0 saturated carbocycles. The summed E-state index contributed by atoms with van der Waals surface area (Å²) in [5, 5.41) is 12.8. The van der Waals surface area contributed by atoms with E-state index in [4.69, 9.17) is 0 Å². The van der Waals surface area contributed by atoms with Crippen LogP contribution in [0.15, 0.2) is 182 Å². The van der Waals surface area contributed by atoms with Crippen molar-refractivity contribution in [3.05, 3.63) is 182 Å². The van der Waals surface area contributed by atoms with Crippen molar-refractivity contribution in [1.82, 2.24) is 9.13 Å². The Kier molecular flexibility index (Phi) is 5.70. The molecule has 0 saturated heterocycles. The third-order valence-corrected chi connectivity index (χ3v) is 10.7. The normalized spacial score (nSPS) is 12.0. The van der Waals surface area contributed by atoms with E-state index in [1.54, 1.807) is 0 Å². The number of benzene rings is 9. The molecule has 0 aliphatic rings. The van der Waals surface area contributed by atoms with Crippen LogP contribution in [-0.4, -0.2) is 9.13 Å². The maximum atomic E-state index is 2.49. The minimum atomic E-state index is 1.16. The summed E-state index contributed by atoms with van der Waals surface area (Å²) in [5.41, 5.74) is 9.67. The first kappa shape index (κ1) is 27.3. The number of fused-ring (bicyclic) bond motifs is 13. The number of nitrogens with zero attached hydrogens (tertiary/aromatic N) is 2. The second-order valence-corrected chi connectivity index (χ2v) is 13.3. The van der Waals surface area contributed by atoms with Gasteiger partial charge in [0.15, 0.2) is 0 Å². The van der Waals surface area contributed by atoms with Gasteiger partial charge in [-0.1, -0.05) is 133 Å². The van der Waals surface area contributed by atoms with E-state index in [1.807, 2.05) is 0 Å². The van der Waals surface area contributed by atoms with Crippen LogP contribution in [-0.2, 0) is 0 Å². The van der Waals surface area contributed by atoms with E-state index in [0.29, 0.717) is 0 Å². The predicted molar refractivity (Wildman–Crippen MR) is 213 cm³/mol. The topological polar surface area (TPSA) is 9.86 Å². The van der Waals surface area contributed by atoms with Crippen LogP contribution in [0.25, 0.3) is 98.4 Å². The fourth-order valence-corrected chi connectivity index (χ4v) is 8.52. The van der Waals surface area contributed by atoms with Gasteiger partial charge in [-0.2, -0.15) is 0 Å². The Labute approximate surface area is 288 Å². The quantitative estimate of drug-likeness (QED) is 0.171. The summed E-state index contributed by atoms with van der Waals surface area (Å²) in [5.74, 6) is 0. The maximum Gasteiger partial charge on any atom is 0.0626 e. The van der Waals surface area contributed by atoms with Crippen molar-refractivity contribution in [1.29, 1.82) is 0 Å². The fraction of sp³-hybridized carbons (Fsp3) is 0. The van der Waals surface area contributed by atoms with Crippen LogP contribution in [0.1, 0.15) is 0 Å². The lowest BCUT2D eigenvalue weighted by molar-refractivity contribution is 1.18. The minimum Gasteiger partial charge on any atom is -0.309 e. The monoisotopic (exact) mass is 634 g/mol. The van der Waals surface area contributed by atoms with Crippen molar-refractivity contribution < 1.29 is 0 Å². The number of rotatable bonds is 3. The van der Waals surface area contributed by atoms with Crippen molar-refractivity contribution in [3.8, 4) is 22.5 Å². The van der Waals surface area contributed by atoms with Gasteiger partial charge in [-0.25, -0.2) is 0 Å². The van der Waals surface area contributed by atoms with Crippen molar-refractivity contribution in [3.63, 3.8) is 0 Å². The van der Waals surface area contributed by atoms with Crippen LogP contribution in [0.4, 0.5) is 0 Å².